The summed E-state index contributed by atoms with van der Waals surface area (Å²) in [4.78, 5) is 20.3. The maximum absolute atomic E-state index is 13.6. The molecule has 29 heavy (non-hydrogen) atoms. The van der Waals surface area contributed by atoms with Gasteiger partial charge in [-0.15, -0.1) is 0 Å². The monoisotopic (exact) mass is 380 g/mol. The van der Waals surface area contributed by atoms with Crippen molar-refractivity contribution in [2.45, 2.75) is 19.9 Å². The molecule has 0 aromatic heterocycles. The molecule has 0 fully saturated rings. The first kappa shape index (κ1) is 18.9. The van der Waals surface area contributed by atoms with Gasteiger partial charge in [0, 0.05) is 5.71 Å². The fourth-order valence-electron chi connectivity index (χ4n) is 3.65. The first-order chi connectivity index (χ1) is 14.2. The lowest BCUT2D eigenvalue weighted by Crippen LogP contribution is -2.37. The fraction of sp³-hybridized carbons (Fsp3) is 0.154. The molecule has 0 aliphatic carbocycles. The quantitative estimate of drug-likeness (QED) is 0.531. The maximum Gasteiger partial charge on any atom is 0.236 e. The molecule has 1 amide bonds. The van der Waals surface area contributed by atoms with Crippen LogP contribution in [0.5, 0.6) is 0 Å². The highest BCUT2D eigenvalue weighted by molar-refractivity contribution is 6.13. The number of hydrogen-bond acceptors (Lipinski definition) is 2. The van der Waals surface area contributed by atoms with Crippen LogP contribution < -0.4 is 4.90 Å². The Bertz CT molecular complexity index is 1040. The van der Waals surface area contributed by atoms with E-state index in [9.17, 15) is 4.79 Å². The Morgan fingerprint density at radius 3 is 2.31 bits per heavy atom. The molecule has 3 nitrogen and oxygen atoms in total. The highest BCUT2D eigenvalue weighted by Crippen LogP contribution is 2.35. The Balaban J connectivity index is 1.64. The van der Waals surface area contributed by atoms with Crippen molar-refractivity contribution in [2.24, 2.45) is 10.9 Å². The van der Waals surface area contributed by atoms with Crippen LogP contribution in [0.2, 0.25) is 0 Å². The SMILES string of the molecule is CC1=Nc2ccccc2N(Cc2ccccc2)C(=O)C1CC=Cc1ccccc1. The third-order valence-electron chi connectivity index (χ3n) is 5.20. The number of hydrogen-bond donors (Lipinski definition) is 0. The van der Waals surface area contributed by atoms with Crippen LogP contribution in [0.15, 0.2) is 96.0 Å². The molecule has 0 saturated carbocycles. The van der Waals surface area contributed by atoms with Crippen LogP contribution in [0, 0.1) is 5.92 Å². The Morgan fingerprint density at radius 1 is 0.897 bits per heavy atom. The number of nitrogens with zero attached hydrogens (tertiary/aromatic N) is 2. The molecule has 0 saturated heterocycles. The van der Waals surface area contributed by atoms with Crippen molar-refractivity contribution in [2.75, 3.05) is 4.90 Å². The van der Waals surface area contributed by atoms with E-state index < -0.39 is 0 Å². The molecule has 0 bridgehead atoms. The molecule has 0 radical (unpaired) electrons. The van der Waals surface area contributed by atoms with Gasteiger partial charge in [-0.3, -0.25) is 9.79 Å². The Morgan fingerprint density at radius 2 is 1.55 bits per heavy atom. The molecule has 1 unspecified atom stereocenters. The van der Waals surface area contributed by atoms with Crippen LogP contribution in [-0.4, -0.2) is 11.6 Å². The van der Waals surface area contributed by atoms with E-state index in [4.69, 9.17) is 4.99 Å². The van der Waals surface area contributed by atoms with Gasteiger partial charge in [0.25, 0.3) is 0 Å². The summed E-state index contributed by atoms with van der Waals surface area (Å²) in [6.45, 7) is 2.50. The molecule has 0 spiro atoms. The minimum Gasteiger partial charge on any atom is -0.305 e. The van der Waals surface area contributed by atoms with Crippen molar-refractivity contribution in [3.63, 3.8) is 0 Å². The van der Waals surface area contributed by atoms with E-state index in [-0.39, 0.29) is 11.8 Å². The van der Waals surface area contributed by atoms with Gasteiger partial charge in [-0.1, -0.05) is 84.9 Å². The number of benzene rings is 3. The first-order valence-corrected chi connectivity index (χ1v) is 9.93. The predicted octanol–water partition coefficient (Wildman–Crippen LogP) is 6.05. The number of rotatable bonds is 5. The second-order valence-electron chi connectivity index (χ2n) is 7.25. The van der Waals surface area contributed by atoms with Crippen molar-refractivity contribution < 1.29 is 4.79 Å². The molecule has 144 valence electrons. The van der Waals surface area contributed by atoms with Crippen LogP contribution in [0.25, 0.3) is 6.08 Å². The number of aliphatic imine (C=N–C) groups is 1. The second-order valence-corrected chi connectivity index (χ2v) is 7.25. The molecule has 1 aliphatic rings. The van der Waals surface area contributed by atoms with Crippen LogP contribution >= 0.6 is 0 Å². The average Bonchev–Trinajstić information content (AvgIpc) is 2.85. The Kier molecular flexibility index (Phi) is 5.66. The number of fused-ring (bicyclic) bond motifs is 1. The van der Waals surface area contributed by atoms with Crippen molar-refractivity contribution in [1.82, 2.24) is 0 Å². The molecule has 3 aromatic rings. The van der Waals surface area contributed by atoms with Gasteiger partial charge in [0.2, 0.25) is 5.91 Å². The molecular weight excluding hydrogens is 356 g/mol. The molecule has 3 heteroatoms. The van der Waals surface area contributed by atoms with E-state index in [0.29, 0.717) is 13.0 Å². The second kappa shape index (κ2) is 8.70. The van der Waals surface area contributed by atoms with E-state index in [1.165, 1.54) is 0 Å². The lowest BCUT2D eigenvalue weighted by Gasteiger charge is -2.25. The molecule has 1 heterocycles. The van der Waals surface area contributed by atoms with E-state index in [1.807, 2.05) is 72.5 Å². The first-order valence-electron chi connectivity index (χ1n) is 9.93. The zero-order valence-corrected chi connectivity index (χ0v) is 16.5. The fourth-order valence-corrected chi connectivity index (χ4v) is 3.65. The number of amides is 1. The van der Waals surface area contributed by atoms with E-state index in [0.717, 1.165) is 28.2 Å². The molecular formula is C26H24N2O. The van der Waals surface area contributed by atoms with Gasteiger partial charge in [0.05, 0.1) is 23.8 Å². The van der Waals surface area contributed by atoms with Gasteiger partial charge in [0.15, 0.2) is 0 Å². The summed E-state index contributed by atoms with van der Waals surface area (Å²) in [6, 6.07) is 28.2. The molecule has 1 aliphatic heterocycles. The van der Waals surface area contributed by atoms with Crippen LogP contribution in [-0.2, 0) is 11.3 Å². The minimum atomic E-state index is -0.272. The van der Waals surface area contributed by atoms with E-state index in [2.05, 4.69) is 36.4 Å². The highest BCUT2D eigenvalue weighted by Gasteiger charge is 2.31. The van der Waals surface area contributed by atoms with Gasteiger partial charge in [-0.05, 0) is 36.6 Å². The third-order valence-corrected chi connectivity index (χ3v) is 5.20. The third kappa shape index (κ3) is 4.35. The van der Waals surface area contributed by atoms with Crippen LogP contribution in [0.3, 0.4) is 0 Å². The van der Waals surface area contributed by atoms with Gasteiger partial charge in [-0.2, -0.15) is 0 Å². The Hall–Kier alpha value is -3.46. The van der Waals surface area contributed by atoms with E-state index in [1.54, 1.807) is 0 Å². The number of allylic oxidation sites excluding steroid dienone is 1. The Labute approximate surface area is 172 Å². The lowest BCUT2D eigenvalue weighted by molar-refractivity contribution is -0.120. The van der Waals surface area contributed by atoms with Crippen LogP contribution in [0.4, 0.5) is 11.4 Å². The molecule has 3 aromatic carbocycles. The normalized spacial score (nSPS) is 16.4. The smallest absolute Gasteiger partial charge is 0.236 e. The van der Waals surface area contributed by atoms with Gasteiger partial charge < -0.3 is 4.90 Å². The number of carbonyl (C=O) groups excluding carboxylic acids is 1. The predicted molar refractivity (Wildman–Crippen MR) is 120 cm³/mol. The standard InChI is InChI=1S/C26H24N2O/c1-20-23(16-10-15-21-11-4-2-5-12-21)26(29)28(19-22-13-6-3-7-14-22)25-18-9-8-17-24(25)27-20/h2-15,17-18,23H,16,19H2,1H3. The zero-order valence-electron chi connectivity index (χ0n) is 16.5. The number of carbonyl (C=O) groups is 1. The van der Waals surface area contributed by atoms with Crippen molar-refractivity contribution >= 4 is 29.1 Å². The maximum atomic E-state index is 13.6. The summed E-state index contributed by atoms with van der Waals surface area (Å²) in [7, 11) is 0. The summed E-state index contributed by atoms with van der Waals surface area (Å²) < 4.78 is 0. The van der Waals surface area contributed by atoms with Gasteiger partial charge >= 0.3 is 0 Å². The highest BCUT2D eigenvalue weighted by atomic mass is 16.2. The summed E-state index contributed by atoms with van der Waals surface area (Å²) in [5.74, 6) is -0.177. The zero-order chi connectivity index (χ0) is 20.1. The molecule has 4 rings (SSSR count). The summed E-state index contributed by atoms with van der Waals surface area (Å²) in [5, 5.41) is 0. The van der Waals surface area contributed by atoms with Crippen molar-refractivity contribution in [3.8, 4) is 0 Å². The summed E-state index contributed by atoms with van der Waals surface area (Å²) in [6.07, 6.45) is 4.77. The minimum absolute atomic E-state index is 0.0952. The number of anilines is 1. The van der Waals surface area contributed by atoms with Crippen molar-refractivity contribution in [3.05, 3.63) is 102 Å². The van der Waals surface area contributed by atoms with Gasteiger partial charge in [-0.25, -0.2) is 0 Å². The van der Waals surface area contributed by atoms with Crippen molar-refractivity contribution in [1.29, 1.82) is 0 Å². The average molecular weight is 380 g/mol. The van der Waals surface area contributed by atoms with E-state index >= 15 is 0 Å². The van der Waals surface area contributed by atoms with Crippen LogP contribution in [0.1, 0.15) is 24.5 Å². The summed E-state index contributed by atoms with van der Waals surface area (Å²) >= 11 is 0. The topological polar surface area (TPSA) is 32.7 Å². The van der Waals surface area contributed by atoms with Gasteiger partial charge in [0.1, 0.15) is 0 Å². The number of para-hydroxylation sites is 2. The largest absolute Gasteiger partial charge is 0.305 e. The lowest BCUT2D eigenvalue weighted by atomic mass is 9.97. The summed E-state index contributed by atoms with van der Waals surface area (Å²) in [5.41, 5.74) is 4.82. The molecule has 0 N–H and O–H groups in total. The molecule has 1 atom stereocenters.